The lowest BCUT2D eigenvalue weighted by molar-refractivity contribution is 0.0730. The maximum absolute atomic E-state index is 12.4. The first-order chi connectivity index (χ1) is 12.1. The summed E-state index contributed by atoms with van der Waals surface area (Å²) in [7, 11) is 0. The first kappa shape index (κ1) is 16.8. The van der Waals surface area contributed by atoms with Gasteiger partial charge in [-0.15, -0.1) is 0 Å². The highest BCUT2D eigenvalue weighted by Crippen LogP contribution is 2.34. The summed E-state index contributed by atoms with van der Waals surface area (Å²) in [5, 5.41) is 9.82. The number of nitrogens with zero attached hydrogens (tertiary/aromatic N) is 1. The molecule has 1 heterocycles. The van der Waals surface area contributed by atoms with Crippen molar-refractivity contribution >= 4 is 17.6 Å². The summed E-state index contributed by atoms with van der Waals surface area (Å²) < 4.78 is 10.8. The fourth-order valence-corrected chi connectivity index (χ4v) is 2.72. The Kier molecular flexibility index (Phi) is 4.85. The van der Waals surface area contributed by atoms with Crippen molar-refractivity contribution in [3.05, 3.63) is 53.6 Å². The van der Waals surface area contributed by atoms with E-state index in [9.17, 15) is 14.7 Å². The van der Waals surface area contributed by atoms with E-state index in [0.717, 1.165) is 0 Å². The molecule has 0 radical (unpaired) electrons. The number of hydrogen-bond donors (Lipinski definition) is 2. The zero-order valence-electron chi connectivity index (χ0n) is 13.5. The van der Waals surface area contributed by atoms with Gasteiger partial charge in [0.1, 0.15) is 11.3 Å². The average Bonchev–Trinajstić information content (AvgIpc) is 2.62. The molecule has 2 aromatic carbocycles. The number of para-hydroxylation sites is 2. The van der Waals surface area contributed by atoms with Gasteiger partial charge >= 0.3 is 5.97 Å². The Hall–Kier alpha value is -3.06. The molecule has 2 aromatic rings. The molecule has 0 unspecified atom stereocenters. The summed E-state index contributed by atoms with van der Waals surface area (Å²) in [6.07, 6.45) is 0. The smallest absolute Gasteiger partial charge is 0.347 e. The van der Waals surface area contributed by atoms with E-state index in [4.69, 9.17) is 15.2 Å². The second kappa shape index (κ2) is 7.23. The highest BCUT2D eigenvalue weighted by Gasteiger charge is 2.24. The highest BCUT2D eigenvalue weighted by molar-refractivity contribution is 6.01. The van der Waals surface area contributed by atoms with Gasteiger partial charge in [0.15, 0.2) is 5.75 Å². The maximum atomic E-state index is 12.4. The lowest BCUT2D eigenvalue weighted by Gasteiger charge is -2.31. The molecule has 7 nitrogen and oxygen atoms in total. The monoisotopic (exact) mass is 342 g/mol. The van der Waals surface area contributed by atoms with Gasteiger partial charge in [0.05, 0.1) is 24.5 Å². The molecule has 0 saturated carbocycles. The average molecular weight is 342 g/mol. The van der Waals surface area contributed by atoms with Gasteiger partial charge in [0.25, 0.3) is 5.91 Å². The van der Waals surface area contributed by atoms with E-state index < -0.39 is 11.9 Å². The van der Waals surface area contributed by atoms with Crippen molar-refractivity contribution in [1.82, 2.24) is 0 Å². The van der Waals surface area contributed by atoms with Crippen molar-refractivity contribution in [2.45, 2.75) is 0 Å². The van der Waals surface area contributed by atoms with Crippen molar-refractivity contribution in [3.8, 4) is 11.5 Å². The maximum Gasteiger partial charge on any atom is 0.347 e. The number of aromatic hydroxyl groups is 1. The van der Waals surface area contributed by atoms with Gasteiger partial charge in [-0.25, -0.2) is 4.79 Å². The molecule has 1 aliphatic rings. The number of morpholine rings is 1. The number of nitrogens with two attached hydrogens (primary N) is 1. The predicted molar refractivity (Wildman–Crippen MR) is 91.1 cm³/mol. The van der Waals surface area contributed by atoms with Gasteiger partial charge in [-0.2, -0.15) is 0 Å². The van der Waals surface area contributed by atoms with E-state index >= 15 is 0 Å². The number of phenols is 1. The Morgan fingerprint density at radius 3 is 2.40 bits per heavy atom. The van der Waals surface area contributed by atoms with E-state index in [1.807, 2.05) is 4.90 Å². The first-order valence-electron chi connectivity index (χ1n) is 7.83. The molecule has 0 aliphatic carbocycles. The number of benzene rings is 2. The Balaban J connectivity index is 1.98. The van der Waals surface area contributed by atoms with E-state index in [-0.39, 0.29) is 22.6 Å². The summed E-state index contributed by atoms with van der Waals surface area (Å²) >= 11 is 0. The molecule has 1 amide bonds. The summed E-state index contributed by atoms with van der Waals surface area (Å²) in [5.41, 5.74) is 6.25. The highest BCUT2D eigenvalue weighted by atomic mass is 16.5. The van der Waals surface area contributed by atoms with E-state index in [0.29, 0.717) is 32.0 Å². The molecular formula is C18H18N2O5. The Morgan fingerprint density at radius 1 is 1.04 bits per heavy atom. The van der Waals surface area contributed by atoms with Crippen molar-refractivity contribution in [1.29, 1.82) is 0 Å². The van der Waals surface area contributed by atoms with Crippen LogP contribution in [0.3, 0.4) is 0 Å². The second-order valence-corrected chi connectivity index (χ2v) is 5.52. The van der Waals surface area contributed by atoms with E-state index in [1.165, 1.54) is 12.1 Å². The summed E-state index contributed by atoms with van der Waals surface area (Å²) in [6.45, 7) is 2.09. The van der Waals surface area contributed by atoms with Crippen molar-refractivity contribution in [3.63, 3.8) is 0 Å². The molecule has 3 rings (SSSR count). The number of rotatable bonds is 4. The molecule has 0 aromatic heterocycles. The normalized spacial score (nSPS) is 14.2. The first-order valence-corrected chi connectivity index (χ1v) is 7.83. The van der Waals surface area contributed by atoms with Gasteiger partial charge in [0, 0.05) is 13.1 Å². The van der Waals surface area contributed by atoms with Crippen LogP contribution in [-0.2, 0) is 4.74 Å². The predicted octanol–water partition coefficient (Wildman–Crippen LogP) is 1.55. The molecule has 1 aliphatic heterocycles. The number of phenolic OH excluding ortho intramolecular Hbond substituents is 1. The fourth-order valence-electron chi connectivity index (χ4n) is 2.72. The molecule has 0 bridgehead atoms. The third kappa shape index (κ3) is 3.56. The van der Waals surface area contributed by atoms with Gasteiger partial charge in [-0.05, 0) is 24.3 Å². The van der Waals surface area contributed by atoms with Crippen LogP contribution in [0.25, 0.3) is 0 Å². The molecule has 7 heteroatoms. The topological polar surface area (TPSA) is 102 Å². The number of carbonyl (C=O) groups excluding carboxylic acids is 2. The molecule has 25 heavy (non-hydrogen) atoms. The third-order valence-corrected chi connectivity index (χ3v) is 3.92. The molecule has 130 valence electrons. The minimum Gasteiger partial charge on any atom is -0.507 e. The zero-order chi connectivity index (χ0) is 17.8. The van der Waals surface area contributed by atoms with Crippen molar-refractivity contribution < 1.29 is 24.2 Å². The van der Waals surface area contributed by atoms with Crippen LogP contribution in [0.5, 0.6) is 11.5 Å². The van der Waals surface area contributed by atoms with Gasteiger partial charge in [0.2, 0.25) is 0 Å². The van der Waals surface area contributed by atoms with Crippen LogP contribution < -0.4 is 15.4 Å². The number of esters is 1. The molecule has 3 N–H and O–H groups in total. The third-order valence-electron chi connectivity index (χ3n) is 3.92. The lowest BCUT2D eigenvalue weighted by atomic mass is 10.1. The van der Waals surface area contributed by atoms with Crippen LogP contribution >= 0.6 is 0 Å². The molecule has 0 spiro atoms. The Morgan fingerprint density at radius 2 is 1.72 bits per heavy atom. The number of ether oxygens (including phenoxy) is 2. The van der Waals surface area contributed by atoms with Gasteiger partial charge in [-0.3, -0.25) is 4.79 Å². The van der Waals surface area contributed by atoms with E-state index in [2.05, 4.69) is 0 Å². The van der Waals surface area contributed by atoms with Crippen molar-refractivity contribution in [2.24, 2.45) is 5.73 Å². The molecule has 1 saturated heterocycles. The van der Waals surface area contributed by atoms with Crippen LogP contribution in [0.2, 0.25) is 0 Å². The van der Waals surface area contributed by atoms with Gasteiger partial charge in [-0.1, -0.05) is 18.2 Å². The molecular weight excluding hydrogens is 324 g/mol. The second-order valence-electron chi connectivity index (χ2n) is 5.52. The number of hydrogen-bond acceptors (Lipinski definition) is 6. The quantitative estimate of drug-likeness (QED) is 0.646. The van der Waals surface area contributed by atoms with Crippen molar-refractivity contribution in [2.75, 3.05) is 31.2 Å². The number of amides is 1. The fraction of sp³-hybridized carbons (Fsp3) is 0.222. The summed E-state index contributed by atoms with van der Waals surface area (Å²) in [4.78, 5) is 26.1. The van der Waals surface area contributed by atoms with Crippen LogP contribution in [0, 0.1) is 0 Å². The van der Waals surface area contributed by atoms with Crippen LogP contribution in [-0.4, -0.2) is 43.3 Å². The standard InChI is InChI=1S/C18H18N2O5/c19-17(22)13-5-3-7-15(16(13)20-8-10-24-11-9-20)25-18(23)12-4-1-2-6-14(12)21/h1-7,21H,8-11H2,(H2,19,22). The van der Waals surface area contributed by atoms with Crippen LogP contribution in [0.1, 0.15) is 20.7 Å². The summed E-state index contributed by atoms with van der Waals surface area (Å²) in [6, 6.07) is 10.9. The van der Waals surface area contributed by atoms with E-state index in [1.54, 1.807) is 30.3 Å². The SMILES string of the molecule is NC(=O)c1cccc(OC(=O)c2ccccc2O)c1N1CCOCC1. The van der Waals surface area contributed by atoms with Gasteiger partial charge < -0.3 is 25.2 Å². The number of anilines is 1. The molecule has 1 fully saturated rings. The Bertz CT molecular complexity index is 800. The molecule has 0 atom stereocenters. The minimum atomic E-state index is -0.714. The number of carbonyl (C=O) groups is 2. The lowest BCUT2D eigenvalue weighted by Crippen LogP contribution is -2.38. The zero-order valence-corrected chi connectivity index (χ0v) is 13.5. The minimum absolute atomic E-state index is 0.0416. The number of primary amides is 1. The summed E-state index contributed by atoms with van der Waals surface area (Å²) in [5.74, 6) is -1.28. The Labute approximate surface area is 144 Å². The van der Waals surface area contributed by atoms with Crippen LogP contribution in [0.15, 0.2) is 42.5 Å². The largest absolute Gasteiger partial charge is 0.507 e. The van der Waals surface area contributed by atoms with Crippen LogP contribution in [0.4, 0.5) is 5.69 Å².